The largest absolute Gasteiger partial charge is 0.388 e. The molecule has 2 rings (SSSR count). The summed E-state index contributed by atoms with van der Waals surface area (Å²) >= 11 is 1.63. The van der Waals surface area contributed by atoms with E-state index in [0.29, 0.717) is 18.9 Å². The number of nitrogens with one attached hydrogen (secondary N) is 1. The topological polar surface area (TPSA) is 49.3 Å². The summed E-state index contributed by atoms with van der Waals surface area (Å²) in [5.41, 5.74) is 0.523. The molecule has 21 heavy (non-hydrogen) atoms. The van der Waals surface area contributed by atoms with Gasteiger partial charge in [0.25, 0.3) is 5.91 Å². The van der Waals surface area contributed by atoms with E-state index in [1.165, 1.54) is 29.7 Å². The summed E-state index contributed by atoms with van der Waals surface area (Å²) in [6.45, 7) is 6.25. The van der Waals surface area contributed by atoms with Crippen LogP contribution in [0.5, 0.6) is 0 Å². The highest BCUT2D eigenvalue weighted by atomic mass is 32.1. The van der Waals surface area contributed by atoms with E-state index in [-0.39, 0.29) is 5.91 Å². The molecule has 1 amide bonds. The van der Waals surface area contributed by atoms with Crippen LogP contribution in [0.4, 0.5) is 0 Å². The van der Waals surface area contributed by atoms with E-state index in [0.717, 1.165) is 17.7 Å². The highest BCUT2D eigenvalue weighted by Crippen LogP contribution is 2.29. The van der Waals surface area contributed by atoms with Crippen LogP contribution < -0.4 is 5.32 Å². The first-order valence-corrected chi connectivity index (χ1v) is 8.81. The number of aliphatic hydroxyl groups is 1. The van der Waals surface area contributed by atoms with Crippen LogP contribution in [0, 0.1) is 5.92 Å². The molecule has 2 N–H and O–H groups in total. The van der Waals surface area contributed by atoms with Crippen LogP contribution in [0.2, 0.25) is 0 Å². The summed E-state index contributed by atoms with van der Waals surface area (Å²) < 4.78 is 0. The van der Waals surface area contributed by atoms with E-state index in [1.54, 1.807) is 18.3 Å². The number of rotatable bonds is 5. The predicted molar refractivity (Wildman–Crippen MR) is 88.0 cm³/mol. The molecule has 1 aliphatic rings. The predicted octanol–water partition coefficient (Wildman–Crippen LogP) is 3.54. The van der Waals surface area contributed by atoms with Gasteiger partial charge in [-0.15, -0.1) is 11.3 Å². The van der Waals surface area contributed by atoms with Gasteiger partial charge in [0.05, 0.1) is 10.5 Å². The molecule has 4 heteroatoms. The molecule has 0 saturated carbocycles. The van der Waals surface area contributed by atoms with Gasteiger partial charge in [-0.3, -0.25) is 4.79 Å². The van der Waals surface area contributed by atoms with Crippen LogP contribution in [0.3, 0.4) is 0 Å². The van der Waals surface area contributed by atoms with Gasteiger partial charge >= 0.3 is 0 Å². The minimum Gasteiger partial charge on any atom is -0.388 e. The minimum atomic E-state index is -0.835. The Hall–Kier alpha value is -0.870. The monoisotopic (exact) mass is 309 g/mol. The third-order valence-electron chi connectivity index (χ3n) is 3.95. The molecular weight excluding hydrogens is 282 g/mol. The Morgan fingerprint density at radius 2 is 2.10 bits per heavy atom. The van der Waals surface area contributed by atoms with E-state index in [2.05, 4.69) is 25.2 Å². The van der Waals surface area contributed by atoms with Crippen molar-refractivity contribution in [2.24, 2.45) is 5.92 Å². The highest BCUT2D eigenvalue weighted by molar-refractivity contribution is 7.14. The maximum Gasteiger partial charge on any atom is 0.261 e. The second-order valence-electron chi connectivity index (χ2n) is 6.90. The number of fused-ring (bicyclic) bond motifs is 1. The summed E-state index contributed by atoms with van der Waals surface area (Å²) in [5.74, 6) is 0.367. The minimum absolute atomic E-state index is 0.0443. The average molecular weight is 309 g/mol. The maximum atomic E-state index is 12.3. The van der Waals surface area contributed by atoms with E-state index in [1.807, 2.05) is 0 Å². The molecule has 0 spiro atoms. The quantitative estimate of drug-likeness (QED) is 0.817. The molecule has 1 unspecified atom stereocenters. The Bertz CT molecular complexity index is 467. The lowest BCUT2D eigenvalue weighted by Gasteiger charge is -2.25. The lowest BCUT2D eigenvalue weighted by Crippen LogP contribution is -2.41. The van der Waals surface area contributed by atoms with Crippen molar-refractivity contribution in [3.05, 3.63) is 21.4 Å². The molecule has 1 aromatic heterocycles. The molecule has 0 fully saturated rings. The normalized spacial score (nSPS) is 18.0. The standard InChI is InChI=1S/C17H27NO2S/c1-12(2)10-17(3,20)11-18-16(19)15-9-13-7-5-4-6-8-14(13)21-15/h9,12,20H,4-8,10-11H2,1-3H3,(H,18,19). The molecule has 118 valence electrons. The Morgan fingerprint density at radius 3 is 2.81 bits per heavy atom. The van der Waals surface area contributed by atoms with Crippen molar-refractivity contribution in [1.82, 2.24) is 5.32 Å². The van der Waals surface area contributed by atoms with E-state index in [9.17, 15) is 9.90 Å². The van der Waals surface area contributed by atoms with Gasteiger partial charge in [0.15, 0.2) is 0 Å². The zero-order chi connectivity index (χ0) is 15.5. The molecule has 0 aromatic carbocycles. The smallest absolute Gasteiger partial charge is 0.261 e. The first-order chi connectivity index (χ1) is 9.87. The van der Waals surface area contributed by atoms with Gasteiger partial charge in [0.2, 0.25) is 0 Å². The molecule has 1 heterocycles. The fourth-order valence-electron chi connectivity index (χ4n) is 3.09. The fourth-order valence-corrected chi connectivity index (χ4v) is 4.26. The summed E-state index contributed by atoms with van der Waals surface area (Å²) in [6.07, 6.45) is 6.66. The van der Waals surface area contributed by atoms with Crippen LogP contribution in [-0.2, 0) is 12.8 Å². The molecule has 0 radical (unpaired) electrons. The van der Waals surface area contributed by atoms with E-state index in [4.69, 9.17) is 0 Å². The van der Waals surface area contributed by atoms with Crippen molar-refractivity contribution >= 4 is 17.2 Å². The molecule has 3 nitrogen and oxygen atoms in total. The lowest BCUT2D eigenvalue weighted by molar-refractivity contribution is 0.0369. The van der Waals surface area contributed by atoms with Gasteiger partial charge in [0.1, 0.15) is 0 Å². The summed E-state index contributed by atoms with van der Waals surface area (Å²) in [4.78, 5) is 14.4. The van der Waals surface area contributed by atoms with Crippen LogP contribution in [0.1, 0.15) is 66.6 Å². The second kappa shape index (κ2) is 6.93. The molecule has 1 aromatic rings. The van der Waals surface area contributed by atoms with E-state index >= 15 is 0 Å². The second-order valence-corrected chi connectivity index (χ2v) is 8.03. The lowest BCUT2D eigenvalue weighted by atomic mass is 9.94. The Morgan fingerprint density at radius 1 is 1.38 bits per heavy atom. The van der Waals surface area contributed by atoms with Gasteiger partial charge in [0, 0.05) is 11.4 Å². The van der Waals surface area contributed by atoms with Gasteiger partial charge in [-0.2, -0.15) is 0 Å². The van der Waals surface area contributed by atoms with Crippen LogP contribution in [0.25, 0.3) is 0 Å². The van der Waals surface area contributed by atoms with Gasteiger partial charge in [-0.05, 0) is 56.6 Å². The van der Waals surface area contributed by atoms with Gasteiger partial charge < -0.3 is 10.4 Å². The van der Waals surface area contributed by atoms with E-state index < -0.39 is 5.60 Å². The summed E-state index contributed by atoms with van der Waals surface area (Å²) in [5, 5.41) is 13.2. The number of hydrogen-bond donors (Lipinski definition) is 2. The van der Waals surface area contributed by atoms with Crippen molar-refractivity contribution < 1.29 is 9.90 Å². The number of carbonyl (C=O) groups is 1. The zero-order valence-electron chi connectivity index (χ0n) is 13.4. The van der Waals surface area contributed by atoms with Crippen molar-refractivity contribution in [2.75, 3.05) is 6.54 Å². The Kier molecular flexibility index (Phi) is 5.44. The number of carbonyl (C=O) groups excluding carboxylic acids is 1. The average Bonchev–Trinajstić information content (AvgIpc) is 2.66. The molecule has 1 aliphatic carbocycles. The highest BCUT2D eigenvalue weighted by Gasteiger charge is 2.24. The van der Waals surface area contributed by atoms with Crippen LogP contribution >= 0.6 is 11.3 Å². The summed E-state index contributed by atoms with van der Waals surface area (Å²) in [7, 11) is 0. The Balaban J connectivity index is 1.95. The van der Waals surface area contributed by atoms with Crippen molar-refractivity contribution in [2.45, 2.75) is 64.9 Å². The zero-order valence-corrected chi connectivity index (χ0v) is 14.2. The van der Waals surface area contributed by atoms with Crippen molar-refractivity contribution in [3.8, 4) is 0 Å². The third kappa shape index (κ3) is 4.82. The van der Waals surface area contributed by atoms with Crippen LogP contribution in [0.15, 0.2) is 6.07 Å². The van der Waals surface area contributed by atoms with Crippen molar-refractivity contribution in [1.29, 1.82) is 0 Å². The molecule has 0 aliphatic heterocycles. The third-order valence-corrected chi connectivity index (χ3v) is 5.18. The SMILES string of the molecule is CC(C)CC(C)(O)CNC(=O)c1cc2c(s1)CCCCC2. The first-order valence-electron chi connectivity index (χ1n) is 7.99. The summed E-state index contributed by atoms with van der Waals surface area (Å²) in [6, 6.07) is 2.05. The van der Waals surface area contributed by atoms with Crippen LogP contribution in [-0.4, -0.2) is 23.2 Å². The molecule has 0 saturated heterocycles. The van der Waals surface area contributed by atoms with Gasteiger partial charge in [-0.1, -0.05) is 20.3 Å². The number of amides is 1. The maximum absolute atomic E-state index is 12.3. The first kappa shape index (κ1) is 16.5. The number of thiophene rings is 1. The van der Waals surface area contributed by atoms with Gasteiger partial charge in [-0.25, -0.2) is 0 Å². The molecular formula is C17H27NO2S. The fraction of sp³-hybridized carbons (Fsp3) is 0.706. The Labute approximate surface area is 131 Å². The molecule has 0 bridgehead atoms. The van der Waals surface area contributed by atoms with Crippen molar-refractivity contribution in [3.63, 3.8) is 0 Å². The molecule has 1 atom stereocenters. The number of hydrogen-bond acceptors (Lipinski definition) is 3. The number of aryl methyl sites for hydroxylation is 2.